The van der Waals surface area contributed by atoms with Crippen LogP contribution in [0.25, 0.3) is 0 Å². The van der Waals surface area contributed by atoms with E-state index in [-0.39, 0.29) is 23.8 Å². The summed E-state index contributed by atoms with van der Waals surface area (Å²) in [7, 11) is 3.37. The maximum Gasteiger partial charge on any atom is 0.244 e. The van der Waals surface area contributed by atoms with E-state index in [9.17, 15) is 9.59 Å². The molecule has 0 bridgehead atoms. The molecular weight excluding hydrogens is 230 g/mol. The molecule has 1 aliphatic rings. The van der Waals surface area contributed by atoms with E-state index in [1.165, 1.54) is 4.90 Å². The van der Waals surface area contributed by atoms with E-state index < -0.39 is 6.04 Å². The van der Waals surface area contributed by atoms with E-state index in [2.05, 4.69) is 5.32 Å². The number of nitrogens with zero attached hydrogens (tertiary/aromatic N) is 1. The van der Waals surface area contributed by atoms with Crippen molar-refractivity contribution < 1.29 is 9.59 Å². The van der Waals surface area contributed by atoms with E-state index in [4.69, 9.17) is 5.73 Å². The first-order valence-corrected chi connectivity index (χ1v) is 6.68. The SMILES string of the molecule is CC(NC(=O)CC1CCCCC1N)C(=O)N(C)C. The maximum absolute atomic E-state index is 11.9. The fraction of sp³-hybridized carbons (Fsp3) is 0.846. The highest BCUT2D eigenvalue weighted by molar-refractivity contribution is 5.87. The summed E-state index contributed by atoms with van der Waals surface area (Å²) in [5.41, 5.74) is 6.01. The van der Waals surface area contributed by atoms with Crippen LogP contribution in [0.15, 0.2) is 0 Å². The highest BCUT2D eigenvalue weighted by atomic mass is 16.2. The van der Waals surface area contributed by atoms with Gasteiger partial charge >= 0.3 is 0 Å². The standard InChI is InChI=1S/C13H25N3O2/c1-9(13(18)16(2)3)15-12(17)8-10-6-4-5-7-11(10)14/h9-11H,4-8,14H2,1-3H3,(H,15,17). The van der Waals surface area contributed by atoms with Crippen molar-refractivity contribution in [3.05, 3.63) is 0 Å². The summed E-state index contributed by atoms with van der Waals surface area (Å²) in [4.78, 5) is 25.0. The van der Waals surface area contributed by atoms with Crippen molar-refractivity contribution in [1.82, 2.24) is 10.2 Å². The van der Waals surface area contributed by atoms with Gasteiger partial charge in [-0.15, -0.1) is 0 Å². The van der Waals surface area contributed by atoms with E-state index in [1.54, 1.807) is 21.0 Å². The molecule has 3 unspecified atom stereocenters. The van der Waals surface area contributed by atoms with Gasteiger partial charge in [0.2, 0.25) is 11.8 Å². The zero-order valence-corrected chi connectivity index (χ0v) is 11.6. The molecule has 3 N–H and O–H groups in total. The molecule has 0 aromatic rings. The number of rotatable bonds is 4. The summed E-state index contributed by atoms with van der Waals surface area (Å²) < 4.78 is 0. The van der Waals surface area contributed by atoms with Crippen LogP contribution in [-0.2, 0) is 9.59 Å². The molecule has 5 nitrogen and oxygen atoms in total. The number of amides is 2. The number of hydrogen-bond acceptors (Lipinski definition) is 3. The monoisotopic (exact) mass is 255 g/mol. The molecule has 0 spiro atoms. The van der Waals surface area contributed by atoms with Gasteiger partial charge in [0.15, 0.2) is 0 Å². The number of likely N-dealkylation sites (N-methyl/N-ethyl adjacent to an activating group) is 1. The number of nitrogens with two attached hydrogens (primary N) is 1. The van der Waals surface area contributed by atoms with E-state index in [0.717, 1.165) is 25.7 Å². The molecule has 0 saturated heterocycles. The number of nitrogens with one attached hydrogen (secondary N) is 1. The van der Waals surface area contributed by atoms with E-state index in [0.29, 0.717) is 6.42 Å². The van der Waals surface area contributed by atoms with Crippen molar-refractivity contribution in [1.29, 1.82) is 0 Å². The molecule has 1 aliphatic carbocycles. The predicted octanol–water partition coefficient (Wildman–Crippen LogP) is 0.487. The van der Waals surface area contributed by atoms with E-state index >= 15 is 0 Å². The number of carbonyl (C=O) groups excluding carboxylic acids is 2. The Morgan fingerprint density at radius 2 is 1.94 bits per heavy atom. The molecule has 1 rings (SSSR count). The lowest BCUT2D eigenvalue weighted by Crippen LogP contribution is -2.45. The maximum atomic E-state index is 11.9. The first-order valence-electron chi connectivity index (χ1n) is 6.68. The topological polar surface area (TPSA) is 75.4 Å². The van der Waals surface area contributed by atoms with Crippen molar-refractivity contribution in [3.8, 4) is 0 Å². The number of hydrogen-bond donors (Lipinski definition) is 2. The Balaban J connectivity index is 2.39. The molecule has 0 radical (unpaired) electrons. The fourth-order valence-corrected chi connectivity index (χ4v) is 2.48. The minimum Gasteiger partial charge on any atom is -0.347 e. The molecule has 2 amide bonds. The lowest BCUT2D eigenvalue weighted by atomic mass is 9.83. The first kappa shape index (κ1) is 15.0. The Hall–Kier alpha value is -1.10. The Morgan fingerprint density at radius 3 is 2.50 bits per heavy atom. The Kier molecular flexibility index (Phi) is 5.59. The zero-order valence-electron chi connectivity index (χ0n) is 11.6. The molecule has 0 heterocycles. The van der Waals surface area contributed by atoms with Crippen molar-refractivity contribution in [2.45, 2.75) is 51.1 Å². The van der Waals surface area contributed by atoms with Crippen LogP contribution in [0, 0.1) is 5.92 Å². The summed E-state index contributed by atoms with van der Waals surface area (Å²) in [6, 6.07) is -0.336. The lowest BCUT2D eigenvalue weighted by Gasteiger charge is -2.28. The molecule has 1 saturated carbocycles. The summed E-state index contributed by atoms with van der Waals surface area (Å²) in [6.45, 7) is 1.71. The average Bonchev–Trinajstić information content (AvgIpc) is 2.30. The zero-order chi connectivity index (χ0) is 13.7. The minimum atomic E-state index is -0.465. The second-order valence-electron chi connectivity index (χ2n) is 5.43. The average molecular weight is 255 g/mol. The van der Waals surface area contributed by atoms with Gasteiger partial charge in [-0.2, -0.15) is 0 Å². The Labute approximate surface area is 109 Å². The molecule has 0 aromatic carbocycles. The highest BCUT2D eigenvalue weighted by Crippen LogP contribution is 2.25. The highest BCUT2D eigenvalue weighted by Gasteiger charge is 2.25. The molecule has 104 valence electrons. The van der Waals surface area contributed by atoms with Crippen LogP contribution in [0.4, 0.5) is 0 Å². The van der Waals surface area contributed by atoms with Gasteiger partial charge in [-0.05, 0) is 25.7 Å². The molecule has 0 aliphatic heterocycles. The van der Waals surface area contributed by atoms with Crippen LogP contribution < -0.4 is 11.1 Å². The Morgan fingerprint density at radius 1 is 1.33 bits per heavy atom. The predicted molar refractivity (Wildman–Crippen MR) is 70.8 cm³/mol. The van der Waals surface area contributed by atoms with Crippen LogP contribution >= 0.6 is 0 Å². The first-order chi connectivity index (χ1) is 8.41. The molecule has 3 atom stereocenters. The fourth-order valence-electron chi connectivity index (χ4n) is 2.48. The second-order valence-corrected chi connectivity index (χ2v) is 5.43. The van der Waals surface area contributed by atoms with Crippen LogP contribution in [-0.4, -0.2) is 42.9 Å². The van der Waals surface area contributed by atoms with Crippen molar-refractivity contribution >= 4 is 11.8 Å². The summed E-state index contributed by atoms with van der Waals surface area (Å²) in [6.07, 6.45) is 4.77. The third-order valence-electron chi connectivity index (χ3n) is 3.60. The van der Waals surface area contributed by atoms with Crippen molar-refractivity contribution in [2.75, 3.05) is 14.1 Å². The third-order valence-corrected chi connectivity index (χ3v) is 3.60. The normalized spacial score (nSPS) is 25.3. The molecule has 1 fully saturated rings. The molecule has 18 heavy (non-hydrogen) atoms. The molecular formula is C13H25N3O2. The van der Waals surface area contributed by atoms with Gasteiger partial charge < -0.3 is 16.0 Å². The van der Waals surface area contributed by atoms with Crippen molar-refractivity contribution in [3.63, 3.8) is 0 Å². The summed E-state index contributed by atoms with van der Waals surface area (Å²) in [5.74, 6) is 0.108. The van der Waals surface area contributed by atoms with Gasteiger partial charge in [-0.3, -0.25) is 9.59 Å². The second kappa shape index (κ2) is 6.73. The van der Waals surface area contributed by atoms with Gasteiger partial charge in [0.25, 0.3) is 0 Å². The lowest BCUT2D eigenvalue weighted by molar-refractivity contribution is -0.134. The number of carbonyl (C=O) groups is 2. The van der Waals surface area contributed by atoms with Crippen LogP contribution in [0.1, 0.15) is 39.0 Å². The van der Waals surface area contributed by atoms with Gasteiger partial charge in [0, 0.05) is 26.6 Å². The smallest absolute Gasteiger partial charge is 0.244 e. The van der Waals surface area contributed by atoms with Crippen LogP contribution in [0.2, 0.25) is 0 Å². The van der Waals surface area contributed by atoms with Gasteiger partial charge in [-0.1, -0.05) is 12.8 Å². The van der Waals surface area contributed by atoms with Gasteiger partial charge in [0.05, 0.1) is 0 Å². The third kappa shape index (κ3) is 4.29. The van der Waals surface area contributed by atoms with Crippen LogP contribution in [0.3, 0.4) is 0 Å². The van der Waals surface area contributed by atoms with E-state index in [1.807, 2.05) is 0 Å². The largest absolute Gasteiger partial charge is 0.347 e. The Bertz CT molecular complexity index is 305. The minimum absolute atomic E-state index is 0.0694. The van der Waals surface area contributed by atoms with Gasteiger partial charge in [0.1, 0.15) is 6.04 Å². The molecule has 0 aromatic heterocycles. The summed E-state index contributed by atoms with van der Waals surface area (Å²) in [5, 5.41) is 2.74. The van der Waals surface area contributed by atoms with Crippen LogP contribution in [0.5, 0.6) is 0 Å². The van der Waals surface area contributed by atoms with Gasteiger partial charge in [-0.25, -0.2) is 0 Å². The van der Waals surface area contributed by atoms with Crippen molar-refractivity contribution in [2.24, 2.45) is 11.7 Å². The quantitative estimate of drug-likeness (QED) is 0.767. The molecule has 5 heteroatoms. The summed E-state index contributed by atoms with van der Waals surface area (Å²) >= 11 is 0.